The van der Waals surface area contributed by atoms with E-state index in [1.165, 1.54) is 5.56 Å². The van der Waals surface area contributed by atoms with Crippen LogP contribution in [0.15, 0.2) is 47.0 Å². The SMILES string of the molecule is CCN(Cc1nc(-c2ccc(Cl)cc2)no1)C(=O)COc1ccc(C)c(C)c1. The fraction of sp³-hybridized carbons (Fsp3) is 0.286. The van der Waals surface area contributed by atoms with Crippen molar-refractivity contribution < 1.29 is 14.1 Å². The second kappa shape index (κ2) is 8.89. The van der Waals surface area contributed by atoms with Gasteiger partial charge in [0.05, 0.1) is 0 Å². The van der Waals surface area contributed by atoms with Crippen molar-refractivity contribution in [3.63, 3.8) is 0 Å². The molecule has 1 heterocycles. The molecule has 0 atom stereocenters. The molecular weight excluding hydrogens is 378 g/mol. The molecule has 0 bridgehead atoms. The van der Waals surface area contributed by atoms with Crippen LogP contribution >= 0.6 is 11.6 Å². The van der Waals surface area contributed by atoms with E-state index in [9.17, 15) is 4.79 Å². The predicted octanol–water partition coefficient (Wildman–Crippen LogP) is 4.43. The molecule has 0 spiro atoms. The zero-order valence-corrected chi connectivity index (χ0v) is 16.9. The Labute approximate surface area is 169 Å². The summed E-state index contributed by atoms with van der Waals surface area (Å²) in [7, 11) is 0. The standard InChI is InChI=1S/C21H22ClN3O3/c1-4-25(20(26)13-27-18-10-5-14(2)15(3)11-18)12-19-23-21(24-28-19)16-6-8-17(22)9-7-16/h5-11H,4,12-13H2,1-3H3. The van der Waals surface area contributed by atoms with Crippen LogP contribution in [-0.2, 0) is 11.3 Å². The van der Waals surface area contributed by atoms with Crippen LogP contribution in [0.1, 0.15) is 23.9 Å². The summed E-state index contributed by atoms with van der Waals surface area (Å²) < 4.78 is 10.9. The van der Waals surface area contributed by atoms with Crippen molar-refractivity contribution in [1.82, 2.24) is 15.0 Å². The number of hydrogen-bond acceptors (Lipinski definition) is 5. The number of benzene rings is 2. The van der Waals surface area contributed by atoms with Gasteiger partial charge in [-0.25, -0.2) is 0 Å². The largest absolute Gasteiger partial charge is 0.484 e. The minimum absolute atomic E-state index is 0.0471. The van der Waals surface area contributed by atoms with E-state index in [0.717, 1.165) is 11.1 Å². The van der Waals surface area contributed by atoms with Gasteiger partial charge in [0.1, 0.15) is 12.3 Å². The lowest BCUT2D eigenvalue weighted by atomic mass is 10.1. The number of nitrogens with zero attached hydrogens (tertiary/aromatic N) is 3. The summed E-state index contributed by atoms with van der Waals surface area (Å²) in [5.41, 5.74) is 3.10. The lowest BCUT2D eigenvalue weighted by Crippen LogP contribution is -2.34. The second-order valence-electron chi connectivity index (χ2n) is 6.46. The summed E-state index contributed by atoms with van der Waals surface area (Å²) >= 11 is 5.90. The molecule has 3 rings (SSSR count). The molecule has 1 amide bonds. The molecule has 7 heteroatoms. The summed E-state index contributed by atoms with van der Waals surface area (Å²) in [6.45, 7) is 6.63. The van der Waals surface area contributed by atoms with E-state index in [1.807, 2.05) is 51.1 Å². The molecule has 0 radical (unpaired) electrons. The summed E-state index contributed by atoms with van der Waals surface area (Å²) in [5.74, 6) is 1.36. The predicted molar refractivity (Wildman–Crippen MR) is 107 cm³/mol. The van der Waals surface area contributed by atoms with Crippen LogP contribution in [0.4, 0.5) is 0 Å². The molecule has 3 aromatic rings. The van der Waals surface area contributed by atoms with Crippen LogP contribution in [0, 0.1) is 13.8 Å². The molecule has 2 aromatic carbocycles. The minimum Gasteiger partial charge on any atom is -0.484 e. The Balaban J connectivity index is 1.61. The molecule has 146 valence electrons. The first kappa shape index (κ1) is 19.9. The van der Waals surface area contributed by atoms with Crippen molar-refractivity contribution in [2.24, 2.45) is 0 Å². The molecule has 6 nitrogen and oxygen atoms in total. The summed E-state index contributed by atoms with van der Waals surface area (Å²) in [5, 5.41) is 4.61. The third-order valence-electron chi connectivity index (χ3n) is 4.47. The lowest BCUT2D eigenvalue weighted by molar-refractivity contribution is -0.134. The third-order valence-corrected chi connectivity index (χ3v) is 4.72. The Hall–Kier alpha value is -2.86. The number of halogens is 1. The van der Waals surface area contributed by atoms with Crippen LogP contribution in [-0.4, -0.2) is 34.1 Å². The van der Waals surface area contributed by atoms with Gasteiger partial charge in [0.2, 0.25) is 11.7 Å². The molecule has 0 unspecified atom stereocenters. The van der Waals surface area contributed by atoms with Crippen LogP contribution in [0.3, 0.4) is 0 Å². The number of hydrogen-bond donors (Lipinski definition) is 0. The Kier molecular flexibility index (Phi) is 6.31. The topological polar surface area (TPSA) is 68.5 Å². The fourth-order valence-corrected chi connectivity index (χ4v) is 2.74. The van der Waals surface area contributed by atoms with Crippen LogP contribution in [0.2, 0.25) is 5.02 Å². The zero-order valence-electron chi connectivity index (χ0n) is 16.1. The van der Waals surface area contributed by atoms with E-state index in [-0.39, 0.29) is 19.1 Å². The lowest BCUT2D eigenvalue weighted by Gasteiger charge is -2.19. The third kappa shape index (κ3) is 4.89. The highest BCUT2D eigenvalue weighted by Gasteiger charge is 2.17. The molecule has 0 N–H and O–H groups in total. The molecule has 28 heavy (non-hydrogen) atoms. The first-order valence-corrected chi connectivity index (χ1v) is 9.40. The van der Waals surface area contributed by atoms with Gasteiger partial charge in [-0.15, -0.1) is 0 Å². The molecular formula is C21H22ClN3O3. The number of likely N-dealkylation sites (N-methyl/N-ethyl adjacent to an activating group) is 1. The Bertz CT molecular complexity index is 954. The van der Waals surface area contributed by atoms with Crippen molar-refractivity contribution in [2.75, 3.05) is 13.2 Å². The van der Waals surface area contributed by atoms with Crippen molar-refractivity contribution in [2.45, 2.75) is 27.3 Å². The molecule has 0 aliphatic heterocycles. The van der Waals surface area contributed by atoms with Gasteiger partial charge in [-0.05, 0) is 68.3 Å². The number of rotatable bonds is 7. The maximum absolute atomic E-state index is 12.5. The van der Waals surface area contributed by atoms with Gasteiger partial charge < -0.3 is 14.2 Å². The van der Waals surface area contributed by atoms with Gasteiger partial charge in [-0.3, -0.25) is 4.79 Å². The van der Waals surface area contributed by atoms with E-state index in [0.29, 0.717) is 29.0 Å². The number of amides is 1. The molecule has 1 aromatic heterocycles. The number of carbonyl (C=O) groups excluding carboxylic acids is 1. The molecule has 0 aliphatic carbocycles. The molecule has 0 aliphatic rings. The maximum atomic E-state index is 12.5. The van der Waals surface area contributed by atoms with E-state index >= 15 is 0 Å². The Morgan fingerprint density at radius 1 is 1.14 bits per heavy atom. The summed E-state index contributed by atoms with van der Waals surface area (Å²) in [4.78, 5) is 18.5. The van der Waals surface area contributed by atoms with Gasteiger partial charge >= 0.3 is 0 Å². The molecule has 0 saturated heterocycles. The molecule has 0 saturated carbocycles. The first-order valence-electron chi connectivity index (χ1n) is 9.02. The van der Waals surface area contributed by atoms with Gasteiger partial charge in [0, 0.05) is 17.1 Å². The Morgan fingerprint density at radius 3 is 2.57 bits per heavy atom. The highest BCUT2D eigenvalue weighted by Crippen LogP contribution is 2.19. The van der Waals surface area contributed by atoms with E-state index < -0.39 is 0 Å². The summed E-state index contributed by atoms with van der Waals surface area (Å²) in [6, 6.07) is 12.9. The number of aryl methyl sites for hydroxylation is 2. The maximum Gasteiger partial charge on any atom is 0.260 e. The van der Waals surface area contributed by atoms with Crippen LogP contribution in [0.5, 0.6) is 5.75 Å². The normalized spacial score (nSPS) is 10.7. The number of ether oxygens (including phenoxy) is 1. The quantitative estimate of drug-likeness (QED) is 0.587. The highest BCUT2D eigenvalue weighted by molar-refractivity contribution is 6.30. The van der Waals surface area contributed by atoms with Crippen molar-refractivity contribution >= 4 is 17.5 Å². The number of carbonyl (C=O) groups is 1. The van der Waals surface area contributed by atoms with Crippen LogP contribution < -0.4 is 4.74 Å². The van der Waals surface area contributed by atoms with Crippen molar-refractivity contribution in [1.29, 1.82) is 0 Å². The van der Waals surface area contributed by atoms with Gasteiger partial charge in [-0.2, -0.15) is 4.98 Å². The first-order chi connectivity index (χ1) is 13.5. The smallest absolute Gasteiger partial charge is 0.260 e. The van der Waals surface area contributed by atoms with Gasteiger partial charge in [0.25, 0.3) is 5.91 Å². The molecule has 0 fully saturated rings. The van der Waals surface area contributed by atoms with E-state index in [4.69, 9.17) is 20.9 Å². The minimum atomic E-state index is -0.146. The van der Waals surface area contributed by atoms with Gasteiger partial charge in [-0.1, -0.05) is 22.8 Å². The van der Waals surface area contributed by atoms with E-state index in [2.05, 4.69) is 10.1 Å². The fourth-order valence-electron chi connectivity index (χ4n) is 2.61. The monoisotopic (exact) mass is 399 g/mol. The van der Waals surface area contributed by atoms with Gasteiger partial charge in [0.15, 0.2) is 6.61 Å². The average molecular weight is 400 g/mol. The second-order valence-corrected chi connectivity index (χ2v) is 6.90. The van der Waals surface area contributed by atoms with E-state index in [1.54, 1.807) is 17.0 Å². The average Bonchev–Trinajstić information content (AvgIpc) is 3.16. The van der Waals surface area contributed by atoms with Crippen molar-refractivity contribution in [3.8, 4) is 17.1 Å². The Morgan fingerprint density at radius 2 is 1.89 bits per heavy atom. The van der Waals surface area contributed by atoms with Crippen molar-refractivity contribution in [3.05, 3.63) is 64.5 Å². The van der Waals surface area contributed by atoms with Crippen LogP contribution in [0.25, 0.3) is 11.4 Å². The zero-order chi connectivity index (χ0) is 20.1. The highest BCUT2D eigenvalue weighted by atomic mass is 35.5. The number of aromatic nitrogens is 2. The summed E-state index contributed by atoms with van der Waals surface area (Å²) in [6.07, 6.45) is 0.